The Morgan fingerprint density at radius 2 is 1.76 bits per heavy atom. The van der Waals surface area contributed by atoms with Crippen LogP contribution in [0.25, 0.3) is 0 Å². The standard InChI is InChI=1S/C21H23Br2N3O3/c22-17-9-13(10-18(23)20(17)24)11-19(27)16(21(28)29)12-26-7-3-15(4-8-26)14-1-5-25-6-2-14/h1-2,5-6,9-10,15-16H,3-4,7-8,11-12,24H2,(H,28,29). The fraction of sp³-hybridized carbons (Fsp3) is 0.381. The molecule has 29 heavy (non-hydrogen) atoms. The van der Waals surface area contributed by atoms with Gasteiger partial charge in [0.15, 0.2) is 5.78 Å². The van der Waals surface area contributed by atoms with Crippen molar-refractivity contribution >= 4 is 49.3 Å². The number of piperidine rings is 1. The summed E-state index contributed by atoms with van der Waals surface area (Å²) in [6.45, 7) is 1.81. The van der Waals surface area contributed by atoms with Crippen LogP contribution < -0.4 is 5.73 Å². The Hall–Kier alpha value is -1.77. The van der Waals surface area contributed by atoms with Gasteiger partial charge in [0.1, 0.15) is 5.92 Å². The topological polar surface area (TPSA) is 96.5 Å². The van der Waals surface area contributed by atoms with E-state index in [0.29, 0.717) is 20.6 Å². The minimum Gasteiger partial charge on any atom is -0.481 e. The normalized spacial score (nSPS) is 16.5. The second-order valence-corrected chi connectivity index (χ2v) is 9.07. The van der Waals surface area contributed by atoms with Crippen molar-refractivity contribution in [1.29, 1.82) is 0 Å². The van der Waals surface area contributed by atoms with Crippen LogP contribution in [0, 0.1) is 5.92 Å². The van der Waals surface area contributed by atoms with Gasteiger partial charge in [-0.25, -0.2) is 0 Å². The van der Waals surface area contributed by atoms with Crippen LogP contribution in [0.5, 0.6) is 0 Å². The zero-order valence-corrected chi connectivity index (χ0v) is 19.0. The highest BCUT2D eigenvalue weighted by molar-refractivity contribution is 9.11. The molecule has 0 aliphatic carbocycles. The van der Waals surface area contributed by atoms with E-state index in [9.17, 15) is 14.7 Å². The van der Waals surface area contributed by atoms with Crippen LogP contribution >= 0.6 is 31.9 Å². The lowest BCUT2D eigenvalue weighted by molar-refractivity contribution is -0.147. The Balaban J connectivity index is 1.60. The number of anilines is 1. The number of likely N-dealkylation sites (tertiary alicyclic amines) is 1. The quantitative estimate of drug-likeness (QED) is 0.421. The number of benzene rings is 1. The largest absolute Gasteiger partial charge is 0.481 e. The number of ketones is 1. The molecular formula is C21H23Br2N3O3. The van der Waals surface area contributed by atoms with Crippen molar-refractivity contribution in [2.45, 2.75) is 25.2 Å². The minimum atomic E-state index is -1.07. The number of carbonyl (C=O) groups excluding carboxylic acids is 1. The van der Waals surface area contributed by atoms with Crippen LogP contribution in [0.1, 0.15) is 29.9 Å². The van der Waals surface area contributed by atoms with E-state index < -0.39 is 11.9 Å². The van der Waals surface area contributed by atoms with E-state index in [1.54, 1.807) is 24.5 Å². The maximum atomic E-state index is 12.7. The summed E-state index contributed by atoms with van der Waals surface area (Å²) < 4.78 is 1.36. The summed E-state index contributed by atoms with van der Waals surface area (Å²) in [6.07, 6.45) is 5.55. The molecule has 1 atom stereocenters. The van der Waals surface area contributed by atoms with Crippen LogP contribution in [0.2, 0.25) is 0 Å². The molecule has 3 rings (SSSR count). The number of aromatic nitrogens is 1. The van der Waals surface area contributed by atoms with E-state index in [1.807, 2.05) is 12.1 Å². The molecule has 1 unspecified atom stereocenters. The number of rotatable bonds is 7. The van der Waals surface area contributed by atoms with E-state index >= 15 is 0 Å². The number of Topliss-reactive ketones (excluding diaryl/α,β-unsaturated/α-hetero) is 1. The van der Waals surface area contributed by atoms with Crippen molar-refractivity contribution < 1.29 is 14.7 Å². The smallest absolute Gasteiger partial charge is 0.315 e. The number of carboxylic acid groups (broad SMARTS) is 1. The maximum absolute atomic E-state index is 12.7. The second-order valence-electron chi connectivity index (χ2n) is 7.36. The minimum absolute atomic E-state index is 0.0575. The number of nitrogen functional groups attached to an aromatic ring is 1. The Bertz CT molecular complexity index is 861. The maximum Gasteiger partial charge on any atom is 0.315 e. The highest BCUT2D eigenvalue weighted by Gasteiger charge is 2.30. The zero-order chi connectivity index (χ0) is 21.0. The highest BCUT2D eigenvalue weighted by Crippen LogP contribution is 2.31. The molecular weight excluding hydrogens is 502 g/mol. The van der Waals surface area contributed by atoms with E-state index in [4.69, 9.17) is 5.73 Å². The third kappa shape index (κ3) is 5.65. The molecule has 1 aliphatic heterocycles. The number of pyridine rings is 1. The summed E-state index contributed by atoms with van der Waals surface area (Å²) in [5, 5.41) is 9.64. The third-order valence-corrected chi connectivity index (χ3v) is 6.72. The van der Waals surface area contributed by atoms with Gasteiger partial charge in [0, 0.05) is 34.3 Å². The number of aliphatic carboxylic acids is 1. The SMILES string of the molecule is Nc1c(Br)cc(CC(=O)C(CN2CCC(c3ccncc3)CC2)C(=O)O)cc1Br. The molecule has 0 bridgehead atoms. The van der Waals surface area contributed by atoms with Crippen molar-refractivity contribution in [1.82, 2.24) is 9.88 Å². The predicted octanol–water partition coefficient (Wildman–Crippen LogP) is 3.88. The summed E-state index contributed by atoms with van der Waals surface area (Å²) in [4.78, 5) is 30.7. The summed E-state index contributed by atoms with van der Waals surface area (Å²) in [5.74, 6) is -1.95. The number of hydrogen-bond donors (Lipinski definition) is 2. The fourth-order valence-corrected chi connectivity index (χ4v) is 5.00. The molecule has 8 heteroatoms. The van der Waals surface area contributed by atoms with Gasteiger partial charge in [-0.1, -0.05) is 0 Å². The van der Waals surface area contributed by atoms with Crippen molar-refractivity contribution in [3.63, 3.8) is 0 Å². The molecule has 0 radical (unpaired) electrons. The molecule has 6 nitrogen and oxygen atoms in total. The highest BCUT2D eigenvalue weighted by atomic mass is 79.9. The number of halogens is 2. The Labute approximate surface area is 186 Å². The first-order valence-corrected chi connectivity index (χ1v) is 11.0. The first kappa shape index (κ1) is 21.9. The van der Waals surface area contributed by atoms with E-state index in [0.717, 1.165) is 31.5 Å². The summed E-state index contributed by atoms with van der Waals surface area (Å²) >= 11 is 6.72. The Morgan fingerprint density at radius 1 is 1.17 bits per heavy atom. The van der Waals surface area contributed by atoms with Gasteiger partial charge in [-0.15, -0.1) is 0 Å². The molecule has 0 saturated carbocycles. The Morgan fingerprint density at radius 3 is 2.31 bits per heavy atom. The summed E-state index contributed by atoms with van der Waals surface area (Å²) in [6, 6.07) is 7.59. The Kier molecular flexibility index (Phi) is 7.43. The molecule has 2 aromatic rings. The van der Waals surface area contributed by atoms with Crippen molar-refractivity contribution in [2.75, 3.05) is 25.4 Å². The van der Waals surface area contributed by atoms with Gasteiger partial charge in [0.25, 0.3) is 0 Å². The van der Waals surface area contributed by atoms with Crippen LogP contribution in [-0.2, 0) is 16.0 Å². The second kappa shape index (κ2) is 9.82. The molecule has 1 aromatic carbocycles. The third-order valence-electron chi connectivity index (χ3n) is 5.41. The van der Waals surface area contributed by atoms with Crippen molar-refractivity contribution in [3.05, 3.63) is 56.7 Å². The van der Waals surface area contributed by atoms with Gasteiger partial charge < -0.3 is 15.7 Å². The molecule has 0 amide bonds. The molecule has 3 N–H and O–H groups in total. The van der Waals surface area contributed by atoms with Gasteiger partial charge in [0.2, 0.25) is 0 Å². The average molecular weight is 525 g/mol. The number of nitrogens with zero attached hydrogens (tertiary/aromatic N) is 2. The van der Waals surface area contributed by atoms with Gasteiger partial charge >= 0.3 is 5.97 Å². The number of carboxylic acids is 1. The first-order valence-electron chi connectivity index (χ1n) is 9.46. The summed E-state index contributed by atoms with van der Waals surface area (Å²) in [5.41, 5.74) is 8.43. The van der Waals surface area contributed by atoms with E-state index in [-0.39, 0.29) is 18.7 Å². The average Bonchev–Trinajstić information content (AvgIpc) is 2.71. The van der Waals surface area contributed by atoms with Crippen LogP contribution in [0.15, 0.2) is 45.6 Å². The molecule has 1 aromatic heterocycles. The molecule has 2 heterocycles. The molecule has 1 aliphatic rings. The van der Waals surface area contributed by atoms with Crippen LogP contribution in [0.3, 0.4) is 0 Å². The molecule has 154 valence electrons. The molecule has 0 spiro atoms. The lowest BCUT2D eigenvalue weighted by atomic mass is 9.89. The number of carbonyl (C=O) groups is 2. The first-order chi connectivity index (χ1) is 13.8. The van der Waals surface area contributed by atoms with Gasteiger partial charge in [-0.3, -0.25) is 14.6 Å². The van der Waals surface area contributed by atoms with Gasteiger partial charge in [0.05, 0.1) is 5.69 Å². The predicted molar refractivity (Wildman–Crippen MR) is 119 cm³/mol. The number of hydrogen-bond acceptors (Lipinski definition) is 5. The van der Waals surface area contributed by atoms with Gasteiger partial charge in [-0.2, -0.15) is 0 Å². The number of nitrogens with two attached hydrogens (primary N) is 1. The monoisotopic (exact) mass is 523 g/mol. The lowest BCUT2D eigenvalue weighted by Crippen LogP contribution is -2.41. The van der Waals surface area contributed by atoms with Crippen molar-refractivity contribution in [2.24, 2.45) is 5.92 Å². The zero-order valence-electron chi connectivity index (χ0n) is 15.9. The summed E-state index contributed by atoms with van der Waals surface area (Å²) in [7, 11) is 0. The lowest BCUT2D eigenvalue weighted by Gasteiger charge is -2.33. The van der Waals surface area contributed by atoms with E-state index in [2.05, 4.69) is 41.7 Å². The van der Waals surface area contributed by atoms with Gasteiger partial charge in [-0.05, 0) is 99.1 Å². The van der Waals surface area contributed by atoms with E-state index in [1.165, 1.54) is 5.56 Å². The molecule has 1 fully saturated rings. The van der Waals surface area contributed by atoms with Crippen LogP contribution in [-0.4, -0.2) is 46.4 Å². The molecule has 1 saturated heterocycles. The van der Waals surface area contributed by atoms with Crippen molar-refractivity contribution in [3.8, 4) is 0 Å². The van der Waals surface area contributed by atoms with Crippen LogP contribution in [0.4, 0.5) is 5.69 Å². The fourth-order valence-electron chi connectivity index (χ4n) is 3.72.